The number of H-pyrrole nitrogens is 1. The van der Waals surface area contributed by atoms with Gasteiger partial charge in [-0.15, -0.1) is 5.10 Å². The predicted molar refractivity (Wildman–Crippen MR) is 113 cm³/mol. The number of aryl methyl sites for hydroxylation is 2. The summed E-state index contributed by atoms with van der Waals surface area (Å²) in [6.45, 7) is 8.18. The molecule has 3 aromatic rings. The molecular weight excluding hydrogens is 422 g/mol. The quantitative estimate of drug-likeness (QED) is 0.626. The highest BCUT2D eigenvalue weighted by Crippen LogP contribution is 2.44. The van der Waals surface area contributed by atoms with Gasteiger partial charge >= 0.3 is 0 Å². The Kier molecular flexibility index (Phi) is 5.25. The van der Waals surface area contributed by atoms with Gasteiger partial charge in [0, 0.05) is 28.8 Å². The van der Waals surface area contributed by atoms with Crippen LogP contribution in [0.2, 0.25) is 0 Å². The van der Waals surface area contributed by atoms with E-state index < -0.39 is 0 Å². The van der Waals surface area contributed by atoms with Crippen LogP contribution in [-0.4, -0.2) is 47.3 Å². The molecule has 0 aliphatic carbocycles. The van der Waals surface area contributed by atoms with Crippen molar-refractivity contribution in [3.8, 4) is 5.75 Å². The van der Waals surface area contributed by atoms with E-state index in [9.17, 15) is 0 Å². The highest BCUT2D eigenvalue weighted by Gasteiger charge is 2.29. The lowest BCUT2D eigenvalue weighted by molar-refractivity contribution is 0.177. The predicted octanol–water partition coefficient (Wildman–Crippen LogP) is 4.40. The van der Waals surface area contributed by atoms with Crippen LogP contribution in [0.4, 0.5) is 11.5 Å². The second kappa shape index (κ2) is 7.67. The van der Waals surface area contributed by atoms with Crippen LogP contribution in [0.5, 0.6) is 5.75 Å². The number of anilines is 2. The number of hydrogen-bond acceptors (Lipinski definition) is 6. The monoisotopic (exact) mass is 445 g/mol. The minimum atomic E-state index is 0.239. The number of methoxy groups -OCH3 is 1. The first kappa shape index (κ1) is 19.1. The number of benzene rings is 1. The molecule has 0 unspecified atom stereocenters. The third-order valence-corrected chi connectivity index (χ3v) is 5.84. The van der Waals surface area contributed by atoms with E-state index in [-0.39, 0.29) is 5.92 Å². The number of rotatable bonds is 5. The number of halogens is 1. The molecule has 28 heavy (non-hydrogen) atoms. The van der Waals surface area contributed by atoms with Crippen LogP contribution in [0.1, 0.15) is 36.1 Å². The molecule has 1 N–H and O–H groups in total. The number of nitrogens with zero attached hydrogens (tertiary/aromatic N) is 4. The van der Waals surface area contributed by atoms with Crippen LogP contribution in [0.3, 0.4) is 0 Å². The smallest absolute Gasteiger partial charge is 0.163 e. The first-order valence-corrected chi connectivity index (χ1v) is 10.2. The number of aromatic amines is 1. The number of aromatic nitrogens is 4. The van der Waals surface area contributed by atoms with Crippen molar-refractivity contribution in [2.45, 2.75) is 33.1 Å². The van der Waals surface area contributed by atoms with Crippen LogP contribution in [-0.2, 0) is 4.74 Å². The Morgan fingerprint density at radius 1 is 1.36 bits per heavy atom. The van der Waals surface area contributed by atoms with Gasteiger partial charge in [0.15, 0.2) is 11.3 Å². The standard InChI is InChI=1S/C20H24BrN5O2/c1-5-13(10-27-4)16-12(3)22-20(18-17(16)23-25-24-18)26-6-7-28-15-9-11(2)8-14(21)19(15)26/h8-9,13H,5-7,10H2,1-4H3,(H,23,24,25)/t13-/m0/s1. The molecule has 0 fully saturated rings. The van der Waals surface area contributed by atoms with Crippen LogP contribution in [0.25, 0.3) is 11.0 Å². The third-order valence-electron chi connectivity index (χ3n) is 5.23. The third kappa shape index (κ3) is 3.14. The molecule has 0 bridgehead atoms. The number of nitrogens with one attached hydrogen (secondary N) is 1. The molecule has 3 heterocycles. The SMILES string of the molecule is CC[C@@H](COC)c1c(C)nc(N2CCOc3cc(C)cc(Br)c32)c2nn[nH]c12. The van der Waals surface area contributed by atoms with Gasteiger partial charge in [0.25, 0.3) is 0 Å². The fourth-order valence-corrected chi connectivity index (χ4v) is 4.74. The van der Waals surface area contributed by atoms with E-state index in [1.54, 1.807) is 7.11 Å². The summed E-state index contributed by atoms with van der Waals surface area (Å²) in [5.74, 6) is 1.89. The lowest BCUT2D eigenvalue weighted by Gasteiger charge is -2.32. The molecule has 4 rings (SSSR count). The first-order chi connectivity index (χ1) is 13.5. The Bertz CT molecular complexity index is 1020. The van der Waals surface area contributed by atoms with Gasteiger partial charge in [-0.05, 0) is 53.9 Å². The van der Waals surface area contributed by atoms with Crippen molar-refractivity contribution in [2.75, 3.05) is 31.8 Å². The van der Waals surface area contributed by atoms with E-state index >= 15 is 0 Å². The fourth-order valence-electron chi connectivity index (χ4n) is 3.96. The topological polar surface area (TPSA) is 76.2 Å². The highest BCUT2D eigenvalue weighted by atomic mass is 79.9. The molecule has 7 nitrogen and oxygen atoms in total. The van der Waals surface area contributed by atoms with Crippen molar-refractivity contribution in [1.29, 1.82) is 0 Å². The molecule has 1 aliphatic heterocycles. The molecule has 0 amide bonds. The van der Waals surface area contributed by atoms with Crippen molar-refractivity contribution in [3.05, 3.63) is 33.4 Å². The molecule has 0 saturated heterocycles. The van der Waals surface area contributed by atoms with Crippen LogP contribution in [0, 0.1) is 13.8 Å². The van der Waals surface area contributed by atoms with Gasteiger partial charge in [0.1, 0.15) is 12.4 Å². The second-order valence-corrected chi connectivity index (χ2v) is 7.98. The lowest BCUT2D eigenvalue weighted by Crippen LogP contribution is -2.30. The minimum Gasteiger partial charge on any atom is -0.489 e. The maximum atomic E-state index is 5.91. The summed E-state index contributed by atoms with van der Waals surface area (Å²) >= 11 is 3.70. The minimum absolute atomic E-state index is 0.239. The van der Waals surface area contributed by atoms with E-state index in [1.165, 1.54) is 0 Å². The Hall–Kier alpha value is -2.19. The lowest BCUT2D eigenvalue weighted by atomic mass is 9.94. The zero-order valence-electron chi connectivity index (χ0n) is 16.5. The normalized spacial score (nSPS) is 14.8. The molecular formula is C20H24BrN5O2. The van der Waals surface area contributed by atoms with Gasteiger partial charge < -0.3 is 14.4 Å². The molecule has 0 radical (unpaired) electrons. The van der Waals surface area contributed by atoms with Crippen molar-refractivity contribution in [1.82, 2.24) is 20.4 Å². The molecule has 1 aromatic carbocycles. The van der Waals surface area contributed by atoms with Gasteiger partial charge in [-0.25, -0.2) is 4.98 Å². The number of ether oxygens (including phenoxy) is 2. The summed E-state index contributed by atoms with van der Waals surface area (Å²) in [6.07, 6.45) is 0.953. The summed E-state index contributed by atoms with van der Waals surface area (Å²) < 4.78 is 12.3. The summed E-state index contributed by atoms with van der Waals surface area (Å²) in [4.78, 5) is 7.15. The van der Waals surface area contributed by atoms with Gasteiger partial charge in [-0.1, -0.05) is 12.1 Å². The number of hydrogen-bond donors (Lipinski definition) is 1. The Morgan fingerprint density at radius 2 is 2.18 bits per heavy atom. The average Bonchev–Trinajstić information content (AvgIpc) is 3.15. The second-order valence-electron chi connectivity index (χ2n) is 7.12. The maximum Gasteiger partial charge on any atom is 0.163 e. The maximum absolute atomic E-state index is 5.91. The summed E-state index contributed by atoms with van der Waals surface area (Å²) in [5.41, 5.74) is 5.92. The van der Waals surface area contributed by atoms with Crippen molar-refractivity contribution in [3.63, 3.8) is 0 Å². The highest BCUT2D eigenvalue weighted by molar-refractivity contribution is 9.10. The van der Waals surface area contributed by atoms with E-state index in [0.717, 1.165) is 56.0 Å². The van der Waals surface area contributed by atoms with Gasteiger partial charge in [-0.3, -0.25) is 5.10 Å². The molecule has 1 atom stereocenters. The molecule has 0 spiro atoms. The zero-order valence-corrected chi connectivity index (χ0v) is 18.1. The van der Waals surface area contributed by atoms with Crippen LogP contribution in [0.15, 0.2) is 16.6 Å². The molecule has 8 heteroatoms. The van der Waals surface area contributed by atoms with Gasteiger partial charge in [-0.2, -0.15) is 0 Å². The molecule has 0 saturated carbocycles. The summed E-state index contributed by atoms with van der Waals surface area (Å²) in [5, 5.41) is 11.6. The molecule has 148 valence electrons. The summed E-state index contributed by atoms with van der Waals surface area (Å²) in [6, 6.07) is 4.15. The van der Waals surface area contributed by atoms with E-state index in [0.29, 0.717) is 19.8 Å². The van der Waals surface area contributed by atoms with Gasteiger partial charge in [0.05, 0.1) is 24.4 Å². The van der Waals surface area contributed by atoms with Crippen LogP contribution < -0.4 is 9.64 Å². The van der Waals surface area contributed by atoms with Crippen molar-refractivity contribution >= 4 is 38.5 Å². The van der Waals surface area contributed by atoms with E-state index in [1.807, 2.05) is 6.92 Å². The average molecular weight is 446 g/mol. The summed E-state index contributed by atoms with van der Waals surface area (Å²) in [7, 11) is 1.73. The van der Waals surface area contributed by atoms with E-state index in [4.69, 9.17) is 14.5 Å². The number of fused-ring (bicyclic) bond motifs is 2. The zero-order chi connectivity index (χ0) is 19.8. The molecule has 1 aliphatic rings. The van der Waals surface area contributed by atoms with E-state index in [2.05, 4.69) is 62.2 Å². The Labute approximate surface area is 172 Å². The van der Waals surface area contributed by atoms with Crippen molar-refractivity contribution < 1.29 is 9.47 Å². The fraction of sp³-hybridized carbons (Fsp3) is 0.450. The largest absolute Gasteiger partial charge is 0.489 e. The van der Waals surface area contributed by atoms with Gasteiger partial charge in [0.2, 0.25) is 0 Å². The van der Waals surface area contributed by atoms with Crippen LogP contribution >= 0.6 is 15.9 Å². The number of pyridine rings is 1. The first-order valence-electron chi connectivity index (χ1n) is 9.45. The van der Waals surface area contributed by atoms with Crippen molar-refractivity contribution in [2.24, 2.45) is 0 Å². The Balaban J connectivity index is 1.90. The molecule has 2 aromatic heterocycles. The Morgan fingerprint density at radius 3 is 2.93 bits per heavy atom.